The number of aromatic nitrogens is 2. The SMILES string of the molecule is CCc1cnc(CCNC(=NC)NCc2ncc(-c3ccc(C)cc3)o2)s1. The van der Waals surface area contributed by atoms with E-state index >= 15 is 0 Å². The summed E-state index contributed by atoms with van der Waals surface area (Å²) < 4.78 is 5.83. The molecule has 0 amide bonds. The van der Waals surface area contributed by atoms with E-state index in [1.54, 1.807) is 24.6 Å². The van der Waals surface area contributed by atoms with E-state index in [4.69, 9.17) is 4.42 Å². The molecule has 0 aliphatic rings. The monoisotopic (exact) mass is 383 g/mol. The highest BCUT2D eigenvalue weighted by Gasteiger charge is 2.07. The Hall–Kier alpha value is -2.67. The van der Waals surface area contributed by atoms with Gasteiger partial charge in [0, 0.05) is 36.7 Å². The predicted molar refractivity (Wildman–Crippen MR) is 110 cm³/mol. The molecule has 3 aromatic rings. The van der Waals surface area contributed by atoms with E-state index in [9.17, 15) is 0 Å². The smallest absolute Gasteiger partial charge is 0.214 e. The summed E-state index contributed by atoms with van der Waals surface area (Å²) in [5.41, 5.74) is 2.25. The predicted octanol–water partition coefficient (Wildman–Crippen LogP) is 3.58. The van der Waals surface area contributed by atoms with Crippen molar-refractivity contribution >= 4 is 17.3 Å². The molecule has 0 spiro atoms. The summed E-state index contributed by atoms with van der Waals surface area (Å²) in [7, 11) is 1.75. The van der Waals surface area contributed by atoms with Crippen LogP contribution >= 0.6 is 11.3 Å². The molecule has 0 atom stereocenters. The highest BCUT2D eigenvalue weighted by Crippen LogP contribution is 2.20. The van der Waals surface area contributed by atoms with Gasteiger partial charge in [0.25, 0.3) is 0 Å². The molecule has 0 aliphatic carbocycles. The molecular formula is C20H25N5OS. The van der Waals surface area contributed by atoms with Crippen molar-refractivity contribution in [3.05, 3.63) is 58.0 Å². The third-order valence-corrected chi connectivity index (χ3v) is 5.30. The van der Waals surface area contributed by atoms with Gasteiger partial charge in [0.2, 0.25) is 5.89 Å². The van der Waals surface area contributed by atoms with Gasteiger partial charge in [-0.3, -0.25) is 4.99 Å². The Kier molecular flexibility index (Phi) is 6.59. The maximum atomic E-state index is 5.83. The first-order chi connectivity index (χ1) is 13.2. The van der Waals surface area contributed by atoms with Crippen LogP contribution in [0.4, 0.5) is 0 Å². The molecule has 6 nitrogen and oxygen atoms in total. The summed E-state index contributed by atoms with van der Waals surface area (Å²) in [5.74, 6) is 2.11. The zero-order chi connectivity index (χ0) is 19.1. The topological polar surface area (TPSA) is 75.3 Å². The van der Waals surface area contributed by atoms with Crippen molar-refractivity contribution in [1.29, 1.82) is 0 Å². The van der Waals surface area contributed by atoms with Gasteiger partial charge in [0.05, 0.1) is 17.7 Å². The Morgan fingerprint density at radius 2 is 1.96 bits per heavy atom. The first kappa shape index (κ1) is 19.1. The van der Waals surface area contributed by atoms with Crippen LogP contribution in [0.1, 0.15) is 28.3 Å². The second-order valence-electron chi connectivity index (χ2n) is 6.16. The van der Waals surface area contributed by atoms with Gasteiger partial charge in [-0.05, 0) is 13.3 Å². The van der Waals surface area contributed by atoms with Crippen LogP contribution in [0.15, 0.2) is 46.1 Å². The van der Waals surface area contributed by atoms with Crippen LogP contribution in [0.2, 0.25) is 0 Å². The van der Waals surface area contributed by atoms with Crippen LogP contribution in [0.25, 0.3) is 11.3 Å². The maximum absolute atomic E-state index is 5.83. The van der Waals surface area contributed by atoms with E-state index in [1.165, 1.54) is 10.4 Å². The minimum atomic E-state index is 0.475. The van der Waals surface area contributed by atoms with Crippen molar-refractivity contribution in [2.45, 2.75) is 33.2 Å². The van der Waals surface area contributed by atoms with Crippen LogP contribution in [-0.2, 0) is 19.4 Å². The Morgan fingerprint density at radius 3 is 2.67 bits per heavy atom. The first-order valence-electron chi connectivity index (χ1n) is 9.07. The van der Waals surface area contributed by atoms with E-state index in [1.807, 2.05) is 18.3 Å². The molecular weight excluding hydrogens is 358 g/mol. The van der Waals surface area contributed by atoms with Gasteiger partial charge in [-0.15, -0.1) is 11.3 Å². The lowest BCUT2D eigenvalue weighted by Crippen LogP contribution is -2.37. The first-order valence-corrected chi connectivity index (χ1v) is 9.89. The van der Waals surface area contributed by atoms with Gasteiger partial charge in [0.1, 0.15) is 0 Å². The van der Waals surface area contributed by atoms with Gasteiger partial charge in [-0.1, -0.05) is 36.8 Å². The van der Waals surface area contributed by atoms with Crippen molar-refractivity contribution in [3.63, 3.8) is 0 Å². The minimum absolute atomic E-state index is 0.475. The molecule has 0 unspecified atom stereocenters. The van der Waals surface area contributed by atoms with Crippen molar-refractivity contribution in [1.82, 2.24) is 20.6 Å². The Balaban J connectivity index is 1.47. The van der Waals surface area contributed by atoms with E-state index < -0.39 is 0 Å². The summed E-state index contributed by atoms with van der Waals surface area (Å²) >= 11 is 1.77. The van der Waals surface area contributed by atoms with Gasteiger partial charge in [0.15, 0.2) is 11.7 Å². The summed E-state index contributed by atoms with van der Waals surface area (Å²) in [4.78, 5) is 14.3. The number of rotatable bonds is 7. The third kappa shape index (κ3) is 5.40. The largest absolute Gasteiger partial charge is 0.439 e. The number of aliphatic imine (C=N–C) groups is 1. The fourth-order valence-corrected chi connectivity index (χ4v) is 3.40. The zero-order valence-corrected chi connectivity index (χ0v) is 16.8. The average Bonchev–Trinajstić information content (AvgIpc) is 3.34. The number of hydrogen-bond acceptors (Lipinski definition) is 5. The molecule has 2 heterocycles. The summed E-state index contributed by atoms with van der Waals surface area (Å²) in [6, 6.07) is 8.20. The van der Waals surface area contributed by atoms with Crippen LogP contribution in [0.5, 0.6) is 0 Å². The highest BCUT2D eigenvalue weighted by molar-refractivity contribution is 7.11. The van der Waals surface area contributed by atoms with Crippen molar-refractivity contribution in [3.8, 4) is 11.3 Å². The number of oxazole rings is 1. The number of hydrogen-bond donors (Lipinski definition) is 2. The molecule has 2 N–H and O–H groups in total. The van der Waals surface area contributed by atoms with E-state index in [0.29, 0.717) is 12.4 Å². The number of nitrogens with zero attached hydrogens (tertiary/aromatic N) is 3. The van der Waals surface area contributed by atoms with E-state index in [0.717, 1.165) is 41.7 Å². The van der Waals surface area contributed by atoms with Crippen molar-refractivity contribution in [2.75, 3.05) is 13.6 Å². The summed E-state index contributed by atoms with van der Waals surface area (Å²) in [5, 5.41) is 7.67. The molecule has 142 valence electrons. The fourth-order valence-electron chi connectivity index (χ4n) is 2.54. The lowest BCUT2D eigenvalue weighted by molar-refractivity contribution is 0.497. The molecule has 7 heteroatoms. The summed E-state index contributed by atoms with van der Waals surface area (Å²) in [6.07, 6.45) is 5.63. The second kappa shape index (κ2) is 9.32. The number of aryl methyl sites for hydroxylation is 2. The van der Waals surface area contributed by atoms with Crippen molar-refractivity contribution < 1.29 is 4.42 Å². The van der Waals surface area contributed by atoms with Crippen LogP contribution in [0.3, 0.4) is 0 Å². The number of thiazole rings is 1. The average molecular weight is 384 g/mol. The van der Waals surface area contributed by atoms with E-state index in [-0.39, 0.29) is 0 Å². The molecule has 0 radical (unpaired) electrons. The Bertz CT molecular complexity index is 882. The minimum Gasteiger partial charge on any atom is -0.439 e. The molecule has 0 fully saturated rings. The maximum Gasteiger partial charge on any atom is 0.214 e. The molecule has 3 rings (SSSR count). The highest BCUT2D eigenvalue weighted by atomic mass is 32.1. The standard InChI is InChI=1S/C20H25N5OS/c1-4-16-11-24-19(27-16)9-10-22-20(21-3)25-13-18-23-12-17(26-18)15-7-5-14(2)6-8-15/h5-8,11-12H,4,9-10,13H2,1-3H3,(H2,21,22,25). The fraction of sp³-hybridized carbons (Fsp3) is 0.350. The van der Waals surface area contributed by atoms with E-state index in [2.05, 4.69) is 51.6 Å². The Morgan fingerprint density at radius 1 is 1.15 bits per heavy atom. The Labute approximate surface area is 163 Å². The normalized spacial score (nSPS) is 11.6. The van der Waals surface area contributed by atoms with Gasteiger partial charge in [-0.25, -0.2) is 9.97 Å². The molecule has 0 saturated carbocycles. The van der Waals surface area contributed by atoms with Crippen LogP contribution in [0, 0.1) is 6.92 Å². The molecule has 0 aliphatic heterocycles. The lowest BCUT2D eigenvalue weighted by atomic mass is 10.1. The molecule has 1 aromatic carbocycles. The quantitative estimate of drug-likeness (QED) is 0.482. The van der Waals surface area contributed by atoms with Crippen LogP contribution in [-0.4, -0.2) is 29.5 Å². The number of benzene rings is 1. The molecule has 27 heavy (non-hydrogen) atoms. The van der Waals surface area contributed by atoms with Gasteiger partial charge < -0.3 is 15.1 Å². The van der Waals surface area contributed by atoms with Gasteiger partial charge in [-0.2, -0.15) is 0 Å². The zero-order valence-electron chi connectivity index (χ0n) is 16.0. The summed E-state index contributed by atoms with van der Waals surface area (Å²) in [6.45, 7) is 5.46. The number of guanidine groups is 1. The molecule has 2 aromatic heterocycles. The lowest BCUT2D eigenvalue weighted by Gasteiger charge is -2.09. The molecule has 0 bridgehead atoms. The third-order valence-electron chi connectivity index (χ3n) is 4.10. The second-order valence-corrected chi connectivity index (χ2v) is 7.36. The van der Waals surface area contributed by atoms with Crippen molar-refractivity contribution in [2.24, 2.45) is 4.99 Å². The molecule has 0 saturated heterocycles. The van der Waals surface area contributed by atoms with Crippen LogP contribution < -0.4 is 10.6 Å². The number of nitrogens with one attached hydrogen (secondary N) is 2. The van der Waals surface area contributed by atoms with Gasteiger partial charge >= 0.3 is 0 Å².